The highest BCUT2D eigenvalue weighted by Crippen LogP contribution is 2.16. The molecule has 1 saturated heterocycles. The third-order valence-corrected chi connectivity index (χ3v) is 4.05. The van der Waals surface area contributed by atoms with Gasteiger partial charge in [0.05, 0.1) is 12.4 Å². The number of imidazole rings is 1. The second-order valence-electron chi connectivity index (χ2n) is 6.00. The normalized spacial score (nSPS) is 16.6. The van der Waals surface area contributed by atoms with Crippen molar-refractivity contribution < 1.29 is 14.3 Å². The molecule has 7 heteroatoms. The van der Waals surface area contributed by atoms with Crippen LogP contribution < -0.4 is 15.4 Å². The van der Waals surface area contributed by atoms with E-state index in [-0.39, 0.29) is 12.1 Å². The van der Waals surface area contributed by atoms with Gasteiger partial charge in [-0.2, -0.15) is 0 Å². The predicted octanol–water partition coefficient (Wildman–Crippen LogP) is 1.94. The average Bonchev–Trinajstić information content (AvgIpc) is 3.33. The summed E-state index contributed by atoms with van der Waals surface area (Å²) in [5.74, 6) is 0.823. The number of amides is 2. The van der Waals surface area contributed by atoms with E-state index in [2.05, 4.69) is 15.6 Å². The first-order valence-electron chi connectivity index (χ1n) is 8.60. The maximum atomic E-state index is 11.8. The summed E-state index contributed by atoms with van der Waals surface area (Å²) >= 11 is 0. The van der Waals surface area contributed by atoms with Gasteiger partial charge in [-0.05, 0) is 30.5 Å². The van der Waals surface area contributed by atoms with Crippen LogP contribution in [0, 0.1) is 0 Å². The Balaban J connectivity index is 1.32. The molecule has 1 aliphatic heterocycles. The van der Waals surface area contributed by atoms with E-state index in [1.54, 1.807) is 12.5 Å². The molecule has 3 rings (SSSR count). The largest absolute Gasteiger partial charge is 0.491 e. The first kappa shape index (κ1) is 17.3. The van der Waals surface area contributed by atoms with Crippen LogP contribution in [0.15, 0.2) is 43.0 Å². The van der Waals surface area contributed by atoms with Crippen molar-refractivity contribution in [1.29, 1.82) is 0 Å². The Morgan fingerprint density at radius 3 is 2.92 bits per heavy atom. The maximum absolute atomic E-state index is 11.8. The molecule has 1 aliphatic rings. The fraction of sp³-hybridized carbons (Fsp3) is 0.444. The Bertz CT molecular complexity index is 637. The number of aromatic nitrogens is 2. The van der Waals surface area contributed by atoms with Crippen molar-refractivity contribution in [2.45, 2.75) is 32.0 Å². The van der Waals surface area contributed by atoms with Crippen LogP contribution in [0.4, 0.5) is 4.79 Å². The molecule has 0 bridgehead atoms. The van der Waals surface area contributed by atoms with Gasteiger partial charge in [0.1, 0.15) is 12.4 Å². The van der Waals surface area contributed by atoms with Crippen molar-refractivity contribution in [2.75, 3.05) is 19.8 Å². The van der Waals surface area contributed by atoms with E-state index in [9.17, 15) is 4.79 Å². The molecule has 0 radical (unpaired) electrons. The molecule has 0 unspecified atom stereocenters. The number of hydrogen-bond acceptors (Lipinski definition) is 4. The Morgan fingerprint density at radius 1 is 1.32 bits per heavy atom. The standard InChI is InChI=1S/C18H24N4O3/c23-18(20-8-10-22-9-7-19-14-22)21-12-15-3-5-16(6-4-15)25-13-17-2-1-11-24-17/h3-7,9,14,17H,1-2,8,10-13H2,(H2,20,21,23)/t17-/m0/s1. The summed E-state index contributed by atoms with van der Waals surface area (Å²) in [6.45, 7) is 3.16. The number of rotatable bonds is 8. The van der Waals surface area contributed by atoms with E-state index in [1.807, 2.05) is 35.0 Å². The summed E-state index contributed by atoms with van der Waals surface area (Å²) in [5, 5.41) is 5.66. The number of benzene rings is 1. The second-order valence-corrected chi connectivity index (χ2v) is 6.00. The van der Waals surface area contributed by atoms with Crippen LogP contribution in [-0.4, -0.2) is 41.4 Å². The first-order valence-corrected chi connectivity index (χ1v) is 8.60. The van der Waals surface area contributed by atoms with Gasteiger partial charge >= 0.3 is 6.03 Å². The molecule has 0 saturated carbocycles. The van der Waals surface area contributed by atoms with Crippen molar-refractivity contribution in [3.05, 3.63) is 48.5 Å². The topological polar surface area (TPSA) is 77.4 Å². The lowest BCUT2D eigenvalue weighted by Gasteiger charge is -2.12. The van der Waals surface area contributed by atoms with E-state index in [1.165, 1.54) is 0 Å². The number of ether oxygens (including phenoxy) is 2. The molecule has 2 aromatic rings. The van der Waals surface area contributed by atoms with E-state index in [4.69, 9.17) is 9.47 Å². The fourth-order valence-electron chi connectivity index (χ4n) is 2.63. The lowest BCUT2D eigenvalue weighted by molar-refractivity contribution is 0.0679. The van der Waals surface area contributed by atoms with Crippen LogP contribution in [0.25, 0.3) is 0 Å². The second kappa shape index (κ2) is 9.08. The first-order chi connectivity index (χ1) is 12.3. The summed E-state index contributed by atoms with van der Waals surface area (Å²) < 4.78 is 13.2. The molecule has 0 aliphatic carbocycles. The predicted molar refractivity (Wildman–Crippen MR) is 93.4 cm³/mol. The highest BCUT2D eigenvalue weighted by molar-refractivity contribution is 5.73. The zero-order valence-electron chi connectivity index (χ0n) is 14.2. The maximum Gasteiger partial charge on any atom is 0.315 e. The molecule has 1 atom stereocenters. The minimum Gasteiger partial charge on any atom is -0.491 e. The Hall–Kier alpha value is -2.54. The van der Waals surface area contributed by atoms with Crippen LogP contribution in [-0.2, 0) is 17.8 Å². The average molecular weight is 344 g/mol. The highest BCUT2D eigenvalue weighted by atomic mass is 16.5. The van der Waals surface area contributed by atoms with Gasteiger partial charge in [0.15, 0.2) is 0 Å². The summed E-state index contributed by atoms with van der Waals surface area (Å²) in [6.07, 6.45) is 7.70. The van der Waals surface area contributed by atoms with E-state index in [0.29, 0.717) is 26.2 Å². The van der Waals surface area contributed by atoms with Crippen molar-refractivity contribution in [3.8, 4) is 5.75 Å². The van der Waals surface area contributed by atoms with Gasteiger partial charge in [-0.1, -0.05) is 12.1 Å². The molecular formula is C18H24N4O3. The monoisotopic (exact) mass is 344 g/mol. The fourth-order valence-corrected chi connectivity index (χ4v) is 2.63. The van der Waals surface area contributed by atoms with Crippen molar-refractivity contribution in [1.82, 2.24) is 20.2 Å². The smallest absolute Gasteiger partial charge is 0.315 e. The SMILES string of the molecule is O=C(NCCn1ccnc1)NCc1ccc(OC[C@@H]2CCCO2)cc1. The number of urea groups is 1. The lowest BCUT2D eigenvalue weighted by atomic mass is 10.2. The number of nitrogens with one attached hydrogen (secondary N) is 2. The molecule has 0 spiro atoms. The third kappa shape index (κ3) is 5.79. The Morgan fingerprint density at radius 2 is 2.20 bits per heavy atom. The number of nitrogens with zero attached hydrogens (tertiary/aromatic N) is 2. The zero-order chi connectivity index (χ0) is 17.3. The number of carbonyl (C=O) groups is 1. The number of carbonyl (C=O) groups excluding carboxylic acids is 1. The van der Waals surface area contributed by atoms with Crippen LogP contribution in [0.3, 0.4) is 0 Å². The minimum atomic E-state index is -0.182. The molecule has 1 fully saturated rings. The molecule has 1 aromatic carbocycles. The molecular weight excluding hydrogens is 320 g/mol. The lowest BCUT2D eigenvalue weighted by Crippen LogP contribution is -2.36. The molecule has 25 heavy (non-hydrogen) atoms. The van der Waals surface area contributed by atoms with Crippen LogP contribution in [0.1, 0.15) is 18.4 Å². The van der Waals surface area contributed by atoms with Crippen LogP contribution in [0.2, 0.25) is 0 Å². The van der Waals surface area contributed by atoms with Gasteiger partial charge in [0.2, 0.25) is 0 Å². The Labute approximate surface area is 147 Å². The van der Waals surface area contributed by atoms with Gasteiger partial charge in [0.25, 0.3) is 0 Å². The quantitative estimate of drug-likeness (QED) is 0.767. The zero-order valence-corrected chi connectivity index (χ0v) is 14.2. The van der Waals surface area contributed by atoms with Crippen molar-refractivity contribution >= 4 is 6.03 Å². The molecule has 7 nitrogen and oxygen atoms in total. The summed E-state index contributed by atoms with van der Waals surface area (Å²) in [5.41, 5.74) is 1.02. The third-order valence-electron chi connectivity index (χ3n) is 4.05. The van der Waals surface area contributed by atoms with Crippen molar-refractivity contribution in [3.63, 3.8) is 0 Å². The summed E-state index contributed by atoms with van der Waals surface area (Å²) in [4.78, 5) is 15.7. The van der Waals surface area contributed by atoms with Gasteiger partial charge in [-0.3, -0.25) is 0 Å². The number of hydrogen-bond donors (Lipinski definition) is 2. The van der Waals surface area contributed by atoms with Gasteiger partial charge < -0.3 is 24.7 Å². The summed E-state index contributed by atoms with van der Waals surface area (Å²) in [7, 11) is 0. The molecule has 1 aromatic heterocycles. The molecule has 2 N–H and O–H groups in total. The van der Waals surface area contributed by atoms with E-state index >= 15 is 0 Å². The van der Waals surface area contributed by atoms with Gasteiger partial charge in [0, 0.05) is 38.6 Å². The van der Waals surface area contributed by atoms with Crippen molar-refractivity contribution in [2.24, 2.45) is 0 Å². The van der Waals surface area contributed by atoms with Crippen LogP contribution >= 0.6 is 0 Å². The summed E-state index contributed by atoms with van der Waals surface area (Å²) in [6, 6.07) is 7.57. The molecule has 134 valence electrons. The van der Waals surface area contributed by atoms with Gasteiger partial charge in [-0.15, -0.1) is 0 Å². The Kier molecular flexibility index (Phi) is 6.28. The molecule has 2 amide bonds. The molecule has 2 heterocycles. The van der Waals surface area contributed by atoms with E-state index in [0.717, 1.165) is 30.8 Å². The van der Waals surface area contributed by atoms with Gasteiger partial charge in [-0.25, -0.2) is 9.78 Å². The minimum absolute atomic E-state index is 0.182. The van der Waals surface area contributed by atoms with E-state index < -0.39 is 0 Å². The highest BCUT2D eigenvalue weighted by Gasteiger charge is 2.15. The van der Waals surface area contributed by atoms with Crippen LogP contribution in [0.5, 0.6) is 5.75 Å².